The van der Waals surface area contributed by atoms with Gasteiger partial charge in [-0.1, -0.05) is 155 Å². The smallest absolute Gasteiger partial charge is 0.192 e. The Balaban J connectivity index is 0.000000457. The maximum Gasteiger partial charge on any atom is 0.192 e. The van der Waals surface area contributed by atoms with Gasteiger partial charge in [-0.2, -0.15) is 0 Å². The number of nitrogens with zero attached hydrogens (tertiary/aromatic N) is 4. The second kappa shape index (κ2) is 31.0. The average Bonchev–Trinajstić information content (AvgIpc) is 3.31. The highest BCUT2D eigenvalue weighted by atomic mass is 35.5. The summed E-state index contributed by atoms with van der Waals surface area (Å²) in [4.78, 5) is 15.0. The number of hydrogen-bond donors (Lipinski definition) is 0. The van der Waals surface area contributed by atoms with Gasteiger partial charge in [0.2, 0.25) is 0 Å². The zero-order chi connectivity index (χ0) is 58.6. The molecule has 10 nitrogen and oxygen atoms in total. The van der Waals surface area contributed by atoms with E-state index in [2.05, 4.69) is 74.2 Å². The van der Waals surface area contributed by atoms with Crippen LogP contribution in [0.15, 0.2) is 118 Å². The highest BCUT2D eigenvalue weighted by molar-refractivity contribution is 7.91. The van der Waals surface area contributed by atoms with E-state index in [0.29, 0.717) is 56.2 Å². The highest BCUT2D eigenvalue weighted by Gasteiger charge is 2.15. The van der Waals surface area contributed by atoms with Crippen molar-refractivity contribution in [3.05, 3.63) is 193 Å². The number of pyridine rings is 2. The van der Waals surface area contributed by atoms with Gasteiger partial charge >= 0.3 is 0 Å². The molecule has 0 aliphatic rings. The van der Waals surface area contributed by atoms with Crippen LogP contribution in [-0.4, -0.2) is 54.0 Å². The van der Waals surface area contributed by atoms with Crippen LogP contribution < -0.4 is 0 Å². The molecule has 0 bridgehead atoms. The summed E-state index contributed by atoms with van der Waals surface area (Å²) in [6, 6.07) is 26.5. The van der Waals surface area contributed by atoms with Crippen molar-refractivity contribution in [2.45, 2.75) is 147 Å². The minimum absolute atomic E-state index is 0.0272. The number of benzene rings is 4. The molecule has 0 N–H and O–H groups in total. The van der Waals surface area contributed by atoms with Gasteiger partial charge in [0.15, 0.2) is 45.9 Å². The van der Waals surface area contributed by atoms with Gasteiger partial charge in [0.25, 0.3) is 0 Å². The average molecular weight is 1140 g/mol. The van der Waals surface area contributed by atoms with Crippen molar-refractivity contribution in [2.75, 3.05) is 18.8 Å². The third kappa shape index (κ3) is 23.0. The van der Waals surface area contributed by atoms with E-state index in [1.807, 2.05) is 72.9 Å². The van der Waals surface area contributed by atoms with Gasteiger partial charge in [0, 0.05) is 46.4 Å². The molecule has 17 heteroatoms. The lowest BCUT2D eigenvalue weighted by Gasteiger charge is -2.09. The van der Waals surface area contributed by atoms with Crippen molar-refractivity contribution >= 4 is 64.1 Å². The molecule has 2 heterocycles. The van der Waals surface area contributed by atoms with Crippen molar-refractivity contribution in [3.8, 4) is 0 Å². The van der Waals surface area contributed by atoms with Gasteiger partial charge in [-0.25, -0.2) is 48.7 Å². The Hall–Kier alpha value is -5.55. The first kappa shape index (κ1) is 68.5. The fraction of sp³-hybridized carbons (Fsp3) is 0.390. The highest BCUT2D eigenvalue weighted by Crippen LogP contribution is 2.29. The Bertz CT molecular complexity index is 3040. The third-order valence-electron chi connectivity index (χ3n) is 11.3. The molecule has 2 aromatic heterocycles. The van der Waals surface area contributed by atoms with E-state index < -0.39 is 35.3 Å². The molecule has 0 fully saturated rings. The fourth-order valence-corrected chi connectivity index (χ4v) is 9.75. The van der Waals surface area contributed by atoms with Gasteiger partial charge in [0.1, 0.15) is 11.6 Å². The van der Waals surface area contributed by atoms with Crippen LogP contribution in [0.2, 0.25) is 10.0 Å². The van der Waals surface area contributed by atoms with E-state index in [9.17, 15) is 34.0 Å². The topological polar surface area (TPSA) is 137 Å². The molecule has 0 atom stereocenters. The zero-order valence-corrected chi connectivity index (χ0v) is 50.7. The fourth-order valence-electron chi connectivity index (χ4n) is 6.99. The van der Waals surface area contributed by atoms with Crippen LogP contribution in [-0.2, 0) is 29.5 Å². The predicted octanol–water partition coefficient (Wildman–Crippen LogP) is 17.2. The molecular weight excluding hydrogens is 1070 g/mol. The Morgan fingerprint density at radius 3 is 1.13 bits per heavy atom. The van der Waals surface area contributed by atoms with Crippen LogP contribution in [0, 0.1) is 38.6 Å². The molecule has 0 radical (unpaired) electrons. The number of rotatable bonds is 9. The molecule has 0 saturated heterocycles. The molecule has 0 aliphatic heterocycles. The first-order chi connectivity index (χ1) is 35.0. The summed E-state index contributed by atoms with van der Waals surface area (Å²) in [5, 5.41) is 1.36. The Labute approximate surface area is 463 Å². The quantitative estimate of drug-likeness (QED) is 0.131. The van der Waals surface area contributed by atoms with E-state index in [-0.39, 0.29) is 32.5 Å². The van der Waals surface area contributed by atoms with Gasteiger partial charge in [-0.3, -0.25) is 4.98 Å². The van der Waals surface area contributed by atoms with E-state index in [0.717, 1.165) is 40.4 Å². The molecule has 412 valence electrons. The summed E-state index contributed by atoms with van der Waals surface area (Å²) in [6.07, 6.45) is 5.25. The zero-order valence-electron chi connectivity index (χ0n) is 46.8. The molecule has 6 aromatic rings. The molecule has 0 spiro atoms. The molecular formula is C59H74Cl2F2N4O6S3. The van der Waals surface area contributed by atoms with Gasteiger partial charge < -0.3 is 0 Å². The first-order valence-electron chi connectivity index (χ1n) is 24.4. The maximum atomic E-state index is 13.4. The van der Waals surface area contributed by atoms with Crippen molar-refractivity contribution in [1.82, 2.24) is 9.97 Å². The summed E-state index contributed by atoms with van der Waals surface area (Å²) in [6.45, 7) is 41.6. The number of aryl methyl sites for hydroxylation is 2. The van der Waals surface area contributed by atoms with E-state index in [1.165, 1.54) is 42.3 Å². The Morgan fingerprint density at radius 2 is 0.803 bits per heavy atom. The number of halogens is 4. The SMILES string of the molecule is CC(C)c1ccc(S(C)(=O)=O)cc1Cl.CC(C)c1ccc(S(C)(=O)=O)cc1F.Cc1nc(S(C)(=O)=O)ccc1C(C)C.Cc1ncccc1C(C)C.[C-]#[N+]c1ccc(C(C)C)c(Cl)c1.[C-]#[N+]c1ccc(C(C)C)c(F)c1. The normalized spacial score (nSPS) is 11.2. The van der Waals surface area contributed by atoms with Crippen LogP contribution in [0.4, 0.5) is 20.2 Å². The second-order valence-corrected chi connectivity index (χ2v) is 26.6. The number of aromatic nitrogens is 2. The lowest BCUT2D eigenvalue weighted by atomic mass is 10.0. The molecule has 0 amide bonds. The monoisotopic (exact) mass is 1140 g/mol. The number of sulfone groups is 3. The molecule has 0 saturated carbocycles. The summed E-state index contributed by atoms with van der Waals surface area (Å²) in [5.74, 6) is 1.17. The minimum Gasteiger partial charge on any atom is -0.261 e. The van der Waals surface area contributed by atoms with Gasteiger partial charge in [-0.15, -0.1) is 0 Å². The number of hydrogen-bond acceptors (Lipinski definition) is 8. The summed E-state index contributed by atoms with van der Waals surface area (Å²) in [5.41, 5.74) is 8.63. The van der Waals surface area contributed by atoms with Crippen molar-refractivity contribution in [1.29, 1.82) is 0 Å². The van der Waals surface area contributed by atoms with E-state index >= 15 is 0 Å². The Morgan fingerprint density at radius 1 is 0.447 bits per heavy atom. The van der Waals surface area contributed by atoms with Crippen LogP contribution in [0.5, 0.6) is 0 Å². The minimum atomic E-state index is -3.31. The summed E-state index contributed by atoms with van der Waals surface area (Å²) < 4.78 is 93.5. The molecule has 6 rings (SSSR count). The van der Waals surface area contributed by atoms with Crippen molar-refractivity contribution in [3.63, 3.8) is 0 Å². The summed E-state index contributed by atoms with van der Waals surface area (Å²) >= 11 is 11.9. The first-order valence-corrected chi connectivity index (χ1v) is 30.8. The second-order valence-electron chi connectivity index (χ2n) is 19.7. The maximum absolute atomic E-state index is 13.4. The molecule has 4 aromatic carbocycles. The van der Waals surface area contributed by atoms with E-state index in [1.54, 1.807) is 42.5 Å². The summed E-state index contributed by atoms with van der Waals surface area (Å²) in [7, 11) is -9.64. The van der Waals surface area contributed by atoms with Crippen LogP contribution in [0.25, 0.3) is 9.69 Å². The van der Waals surface area contributed by atoms with Crippen molar-refractivity contribution < 1.29 is 34.0 Å². The standard InChI is InChI=1S/C10H10ClN.C10H13ClO2S.C10H10FN.C10H13FO2S.C10H15NO2S.C9H13N/c1-7(2)9-5-4-8(12-3)6-10(9)11;1-7(2)9-5-4-8(6-10(9)11)14(3,12)13;1-7(2)9-5-4-8(12-3)6-10(9)11;1-7(2)9-5-4-8(6-10(9)11)14(3,12)13;1-7(2)9-5-6-10(11-8(9)3)14(4,12)13;1-7(2)9-5-4-6-10-8(9)3/h4-7H,1-2H3;4-7H,1-3H3;4-7H,1-2H3;4-7H,1-3H3;5-7H,1-4H3;4-7H,1-3H3. The largest absolute Gasteiger partial charge is 0.261 e. The van der Waals surface area contributed by atoms with Crippen LogP contribution in [0.3, 0.4) is 0 Å². The van der Waals surface area contributed by atoms with Crippen LogP contribution >= 0.6 is 23.2 Å². The molecule has 76 heavy (non-hydrogen) atoms. The van der Waals surface area contributed by atoms with Gasteiger partial charge in [0.05, 0.1) is 22.9 Å². The molecule has 0 unspecified atom stereocenters. The van der Waals surface area contributed by atoms with E-state index in [4.69, 9.17) is 36.3 Å². The van der Waals surface area contributed by atoms with Gasteiger partial charge in [-0.05, 0) is 131 Å². The third-order valence-corrected chi connectivity index (χ3v) is 15.1. The molecule has 0 aliphatic carbocycles. The van der Waals surface area contributed by atoms with Crippen LogP contribution in [0.1, 0.15) is 163 Å². The lowest BCUT2D eigenvalue weighted by Crippen LogP contribution is -2.04. The Kier molecular flexibility index (Phi) is 27.9. The van der Waals surface area contributed by atoms with Crippen molar-refractivity contribution in [2.24, 2.45) is 0 Å². The predicted molar refractivity (Wildman–Crippen MR) is 310 cm³/mol. The lowest BCUT2D eigenvalue weighted by molar-refractivity contribution is 0.584.